The van der Waals surface area contributed by atoms with E-state index in [4.69, 9.17) is 4.74 Å². The Morgan fingerprint density at radius 1 is 1.64 bits per heavy atom. The smallest absolute Gasteiger partial charge is 0.213 e. The number of hydrogen-bond acceptors (Lipinski definition) is 2. The molecule has 0 atom stereocenters. The van der Waals surface area contributed by atoms with Gasteiger partial charge in [-0.3, -0.25) is 0 Å². The van der Waals surface area contributed by atoms with Crippen LogP contribution in [0.1, 0.15) is 5.56 Å². The summed E-state index contributed by atoms with van der Waals surface area (Å²) in [5.41, 5.74) is 1.24. The van der Waals surface area contributed by atoms with Crippen molar-refractivity contribution < 1.29 is 4.74 Å². The largest absolute Gasteiger partial charge is 0.481 e. The van der Waals surface area contributed by atoms with Crippen LogP contribution in [0.3, 0.4) is 0 Å². The fourth-order valence-electron chi connectivity index (χ4n) is 0.827. The van der Waals surface area contributed by atoms with Gasteiger partial charge in [0.2, 0.25) is 5.88 Å². The normalized spacial score (nSPS) is 9.64. The number of aromatic nitrogens is 1. The van der Waals surface area contributed by atoms with Crippen molar-refractivity contribution in [1.29, 1.82) is 0 Å². The minimum Gasteiger partial charge on any atom is -0.481 e. The topological polar surface area (TPSA) is 22.1 Å². The first-order valence-electron chi connectivity index (χ1n) is 3.41. The zero-order valence-electron chi connectivity index (χ0n) is 6.38. The van der Waals surface area contributed by atoms with Crippen molar-refractivity contribution in [1.82, 2.24) is 4.98 Å². The monoisotopic (exact) mass is 215 g/mol. The van der Waals surface area contributed by atoms with Gasteiger partial charge in [0.05, 0.1) is 7.11 Å². The number of rotatable bonds is 3. The summed E-state index contributed by atoms with van der Waals surface area (Å²) >= 11 is 3.37. The molecule has 0 saturated carbocycles. The number of hydrogen-bond donors (Lipinski definition) is 0. The van der Waals surface area contributed by atoms with Crippen LogP contribution in [0.4, 0.5) is 0 Å². The number of alkyl halides is 1. The fraction of sp³-hybridized carbons (Fsp3) is 0.375. The van der Waals surface area contributed by atoms with Crippen LogP contribution >= 0.6 is 15.9 Å². The van der Waals surface area contributed by atoms with E-state index in [-0.39, 0.29) is 0 Å². The summed E-state index contributed by atoms with van der Waals surface area (Å²) in [6.45, 7) is 0. The van der Waals surface area contributed by atoms with E-state index < -0.39 is 0 Å². The zero-order chi connectivity index (χ0) is 8.10. The summed E-state index contributed by atoms with van der Waals surface area (Å²) in [6.07, 6.45) is 2.77. The van der Waals surface area contributed by atoms with Crippen molar-refractivity contribution in [2.45, 2.75) is 6.42 Å². The van der Waals surface area contributed by atoms with Gasteiger partial charge < -0.3 is 4.74 Å². The minimum absolute atomic E-state index is 0.684. The lowest BCUT2D eigenvalue weighted by Gasteiger charge is -2.00. The van der Waals surface area contributed by atoms with E-state index in [1.165, 1.54) is 5.56 Å². The molecule has 0 unspecified atom stereocenters. The molecule has 1 heterocycles. The molecule has 0 aliphatic carbocycles. The van der Waals surface area contributed by atoms with Crippen LogP contribution in [-0.2, 0) is 6.42 Å². The Balaban J connectivity index is 2.74. The van der Waals surface area contributed by atoms with Crippen LogP contribution in [0.2, 0.25) is 0 Å². The molecule has 1 aromatic heterocycles. The molecular weight excluding hydrogens is 206 g/mol. The van der Waals surface area contributed by atoms with Crippen molar-refractivity contribution in [3.05, 3.63) is 23.9 Å². The highest BCUT2D eigenvalue weighted by molar-refractivity contribution is 9.09. The number of aryl methyl sites for hydroxylation is 1. The van der Waals surface area contributed by atoms with Crippen molar-refractivity contribution in [2.24, 2.45) is 0 Å². The molecule has 0 aliphatic heterocycles. The third kappa shape index (κ3) is 2.50. The predicted molar refractivity (Wildman–Crippen MR) is 48.3 cm³/mol. The molecule has 0 bridgehead atoms. The molecular formula is C8H10BrNO. The molecule has 0 aromatic carbocycles. The third-order valence-corrected chi connectivity index (χ3v) is 1.79. The van der Waals surface area contributed by atoms with Gasteiger partial charge >= 0.3 is 0 Å². The lowest BCUT2D eigenvalue weighted by Crippen LogP contribution is -1.90. The van der Waals surface area contributed by atoms with Crippen LogP contribution < -0.4 is 4.74 Å². The molecule has 1 rings (SSSR count). The fourth-order valence-corrected chi connectivity index (χ4v) is 1.28. The lowest BCUT2D eigenvalue weighted by molar-refractivity contribution is 0.397. The van der Waals surface area contributed by atoms with Gasteiger partial charge in [0.15, 0.2) is 0 Å². The summed E-state index contributed by atoms with van der Waals surface area (Å²) in [6, 6.07) is 3.94. The summed E-state index contributed by atoms with van der Waals surface area (Å²) in [4.78, 5) is 4.00. The zero-order valence-corrected chi connectivity index (χ0v) is 7.97. The Morgan fingerprint density at radius 2 is 2.45 bits per heavy atom. The molecule has 0 fully saturated rings. The Morgan fingerprint density at radius 3 is 3.09 bits per heavy atom. The van der Waals surface area contributed by atoms with Gasteiger partial charge in [-0.1, -0.05) is 15.9 Å². The molecule has 0 radical (unpaired) electrons. The molecule has 0 spiro atoms. The van der Waals surface area contributed by atoms with E-state index >= 15 is 0 Å². The van der Waals surface area contributed by atoms with Crippen molar-refractivity contribution >= 4 is 15.9 Å². The second kappa shape index (κ2) is 4.34. The summed E-state index contributed by atoms with van der Waals surface area (Å²) < 4.78 is 4.97. The second-order valence-electron chi connectivity index (χ2n) is 2.15. The first-order chi connectivity index (χ1) is 5.36. The van der Waals surface area contributed by atoms with Crippen LogP contribution in [0, 0.1) is 0 Å². The predicted octanol–water partition coefficient (Wildman–Crippen LogP) is 2.03. The minimum atomic E-state index is 0.684. The maximum Gasteiger partial charge on any atom is 0.213 e. The molecule has 0 amide bonds. The maximum atomic E-state index is 4.97. The molecule has 60 valence electrons. The van der Waals surface area contributed by atoms with E-state index in [2.05, 4.69) is 20.9 Å². The van der Waals surface area contributed by atoms with Gasteiger partial charge in [-0.2, -0.15) is 0 Å². The molecule has 3 heteroatoms. The molecule has 0 saturated heterocycles. The first-order valence-corrected chi connectivity index (χ1v) is 4.54. The summed E-state index contributed by atoms with van der Waals surface area (Å²) in [5, 5.41) is 0.972. The Kier molecular flexibility index (Phi) is 3.36. The maximum absolute atomic E-state index is 4.97. The van der Waals surface area contributed by atoms with Crippen molar-refractivity contribution in [3.8, 4) is 5.88 Å². The lowest BCUT2D eigenvalue weighted by atomic mass is 10.2. The van der Waals surface area contributed by atoms with Crippen LogP contribution in [0.5, 0.6) is 5.88 Å². The van der Waals surface area contributed by atoms with Gasteiger partial charge in [-0.05, 0) is 18.1 Å². The standard InChI is InChI=1S/C8H10BrNO/c1-11-8-6-7(2-4-9)3-5-10-8/h3,5-6H,2,4H2,1H3. The Bertz CT molecular complexity index is 227. The average Bonchev–Trinajstić information content (AvgIpc) is 2.06. The van der Waals surface area contributed by atoms with Crippen molar-refractivity contribution in [3.63, 3.8) is 0 Å². The SMILES string of the molecule is COc1cc(CCBr)ccn1. The number of halogens is 1. The number of nitrogens with zero attached hydrogens (tertiary/aromatic N) is 1. The van der Waals surface area contributed by atoms with E-state index in [0.717, 1.165) is 11.8 Å². The van der Waals surface area contributed by atoms with Gasteiger partial charge in [0.25, 0.3) is 0 Å². The van der Waals surface area contributed by atoms with Crippen LogP contribution in [-0.4, -0.2) is 17.4 Å². The third-order valence-electron chi connectivity index (χ3n) is 1.39. The van der Waals surface area contributed by atoms with Gasteiger partial charge in [0.1, 0.15) is 0 Å². The van der Waals surface area contributed by atoms with Gasteiger partial charge in [-0.15, -0.1) is 0 Å². The Hall–Kier alpha value is -0.570. The van der Waals surface area contributed by atoms with E-state index in [1.807, 2.05) is 12.1 Å². The molecule has 11 heavy (non-hydrogen) atoms. The van der Waals surface area contributed by atoms with Crippen molar-refractivity contribution in [2.75, 3.05) is 12.4 Å². The average molecular weight is 216 g/mol. The highest BCUT2D eigenvalue weighted by Crippen LogP contribution is 2.09. The summed E-state index contributed by atoms with van der Waals surface area (Å²) in [7, 11) is 1.63. The molecule has 0 aliphatic rings. The highest BCUT2D eigenvalue weighted by Gasteiger charge is 1.94. The van der Waals surface area contributed by atoms with E-state index in [9.17, 15) is 0 Å². The molecule has 0 N–H and O–H groups in total. The number of ether oxygens (including phenoxy) is 1. The quantitative estimate of drug-likeness (QED) is 0.721. The molecule has 2 nitrogen and oxygen atoms in total. The molecule has 1 aromatic rings. The Labute approximate surface area is 74.7 Å². The highest BCUT2D eigenvalue weighted by atomic mass is 79.9. The first kappa shape index (κ1) is 8.53. The van der Waals surface area contributed by atoms with Crippen LogP contribution in [0.15, 0.2) is 18.3 Å². The second-order valence-corrected chi connectivity index (χ2v) is 2.94. The van der Waals surface area contributed by atoms with E-state index in [1.54, 1.807) is 13.3 Å². The van der Waals surface area contributed by atoms with E-state index in [0.29, 0.717) is 5.88 Å². The van der Waals surface area contributed by atoms with Crippen LogP contribution in [0.25, 0.3) is 0 Å². The van der Waals surface area contributed by atoms with Gasteiger partial charge in [0, 0.05) is 17.6 Å². The van der Waals surface area contributed by atoms with Gasteiger partial charge in [-0.25, -0.2) is 4.98 Å². The summed E-state index contributed by atoms with van der Waals surface area (Å²) in [5.74, 6) is 0.684. The number of methoxy groups -OCH3 is 1. The number of pyridine rings is 1.